The van der Waals surface area contributed by atoms with Crippen molar-refractivity contribution in [2.45, 2.75) is 25.5 Å². The van der Waals surface area contributed by atoms with Gasteiger partial charge in [-0.2, -0.15) is 0 Å². The summed E-state index contributed by atoms with van der Waals surface area (Å²) in [5.74, 6) is -1.56. The minimum absolute atomic E-state index is 0.0352. The molecule has 2 amide bonds. The zero-order chi connectivity index (χ0) is 18.8. The highest BCUT2D eigenvalue weighted by Gasteiger charge is 2.21. The molecule has 1 unspecified atom stereocenters. The highest BCUT2D eigenvalue weighted by molar-refractivity contribution is 5.91. The summed E-state index contributed by atoms with van der Waals surface area (Å²) in [6, 6.07) is 16.7. The van der Waals surface area contributed by atoms with Crippen LogP contribution in [-0.2, 0) is 20.9 Å². The lowest BCUT2D eigenvalue weighted by atomic mass is 10.1. The Morgan fingerprint density at radius 1 is 0.962 bits per heavy atom. The minimum atomic E-state index is -1.23. The Morgan fingerprint density at radius 2 is 1.58 bits per heavy atom. The van der Waals surface area contributed by atoms with Gasteiger partial charge in [0, 0.05) is 12.1 Å². The molecule has 0 heterocycles. The molecular weight excluding hydrogens is 336 g/mol. The van der Waals surface area contributed by atoms with Gasteiger partial charge < -0.3 is 20.5 Å². The fourth-order valence-electron chi connectivity index (χ4n) is 2.18. The Morgan fingerprint density at radius 3 is 2.19 bits per heavy atom. The maximum Gasteiger partial charge on any atom is 0.408 e. The molecule has 7 nitrogen and oxygen atoms in total. The number of hydrogen-bond acceptors (Lipinski definition) is 4. The molecule has 0 radical (unpaired) electrons. The largest absolute Gasteiger partial charge is 0.480 e. The predicted molar refractivity (Wildman–Crippen MR) is 95.5 cm³/mol. The Kier molecular flexibility index (Phi) is 7.17. The van der Waals surface area contributed by atoms with Crippen LogP contribution in [0.4, 0.5) is 10.5 Å². The van der Waals surface area contributed by atoms with Gasteiger partial charge in [0.2, 0.25) is 5.91 Å². The van der Waals surface area contributed by atoms with Crippen molar-refractivity contribution >= 4 is 23.7 Å². The molecular formula is C19H20N2O5. The summed E-state index contributed by atoms with van der Waals surface area (Å²) in [5.41, 5.74) is 1.41. The van der Waals surface area contributed by atoms with Gasteiger partial charge in [-0.25, -0.2) is 9.59 Å². The second-order valence-electron chi connectivity index (χ2n) is 5.55. The van der Waals surface area contributed by atoms with Crippen molar-refractivity contribution in [3.8, 4) is 0 Å². The van der Waals surface area contributed by atoms with Crippen molar-refractivity contribution in [1.82, 2.24) is 5.32 Å². The molecule has 0 aromatic heterocycles. The Bertz CT molecular complexity index is 734. The first-order valence-electron chi connectivity index (χ1n) is 8.09. The van der Waals surface area contributed by atoms with Crippen LogP contribution in [-0.4, -0.2) is 29.1 Å². The second kappa shape index (κ2) is 9.83. The summed E-state index contributed by atoms with van der Waals surface area (Å²) in [5, 5.41) is 14.1. The molecule has 0 spiro atoms. The maximum atomic E-state index is 11.9. The molecule has 1 atom stereocenters. The Hall–Kier alpha value is -3.35. The van der Waals surface area contributed by atoms with E-state index in [9.17, 15) is 19.5 Å². The summed E-state index contributed by atoms with van der Waals surface area (Å²) >= 11 is 0. The van der Waals surface area contributed by atoms with Crippen LogP contribution in [0.1, 0.15) is 18.4 Å². The van der Waals surface area contributed by atoms with Crippen molar-refractivity contribution in [2.75, 3.05) is 5.32 Å². The molecule has 3 N–H and O–H groups in total. The van der Waals surface area contributed by atoms with Crippen LogP contribution in [0.3, 0.4) is 0 Å². The zero-order valence-corrected chi connectivity index (χ0v) is 14.1. The molecule has 2 aromatic rings. The molecule has 2 rings (SSSR count). The number of carbonyl (C=O) groups excluding carboxylic acids is 2. The smallest absolute Gasteiger partial charge is 0.408 e. The van der Waals surface area contributed by atoms with Gasteiger partial charge in [-0.3, -0.25) is 4.79 Å². The van der Waals surface area contributed by atoms with E-state index in [0.29, 0.717) is 5.69 Å². The van der Waals surface area contributed by atoms with E-state index in [2.05, 4.69) is 10.6 Å². The monoisotopic (exact) mass is 356 g/mol. The third-order valence-corrected chi connectivity index (χ3v) is 3.52. The van der Waals surface area contributed by atoms with Crippen molar-refractivity contribution in [1.29, 1.82) is 0 Å². The molecule has 0 bridgehead atoms. The molecule has 0 aliphatic rings. The van der Waals surface area contributed by atoms with Gasteiger partial charge in [0.25, 0.3) is 0 Å². The van der Waals surface area contributed by atoms with E-state index in [1.807, 2.05) is 24.3 Å². The molecule has 2 aromatic carbocycles. The topological polar surface area (TPSA) is 105 Å². The first-order valence-corrected chi connectivity index (χ1v) is 8.09. The standard InChI is InChI=1S/C19H20N2O5/c22-17(20-15-9-5-2-6-10-15)12-11-16(18(23)24)21-19(25)26-13-14-7-3-1-4-8-14/h1-10,16H,11-13H2,(H,20,22)(H,21,25)(H,23,24). The molecule has 0 fully saturated rings. The van der Waals surface area contributed by atoms with Crippen LogP contribution in [0, 0.1) is 0 Å². The van der Waals surface area contributed by atoms with Crippen LogP contribution in [0.2, 0.25) is 0 Å². The third kappa shape index (κ3) is 6.64. The summed E-state index contributed by atoms with van der Waals surface area (Å²) in [6.07, 6.45) is -0.941. The quantitative estimate of drug-likeness (QED) is 0.674. The molecule has 136 valence electrons. The lowest BCUT2D eigenvalue weighted by molar-refractivity contribution is -0.139. The van der Waals surface area contributed by atoms with Gasteiger partial charge in [0.05, 0.1) is 0 Å². The van der Waals surface area contributed by atoms with E-state index in [0.717, 1.165) is 5.56 Å². The van der Waals surface area contributed by atoms with Gasteiger partial charge in [0.15, 0.2) is 0 Å². The number of hydrogen-bond donors (Lipinski definition) is 3. The fraction of sp³-hybridized carbons (Fsp3) is 0.211. The average molecular weight is 356 g/mol. The molecule has 7 heteroatoms. The number of ether oxygens (including phenoxy) is 1. The first kappa shape index (κ1) is 19.0. The summed E-state index contributed by atoms with van der Waals surface area (Å²) in [7, 11) is 0. The van der Waals surface area contributed by atoms with Gasteiger partial charge in [-0.05, 0) is 24.1 Å². The van der Waals surface area contributed by atoms with Gasteiger partial charge in [-0.1, -0.05) is 48.5 Å². The van der Waals surface area contributed by atoms with Gasteiger partial charge in [0.1, 0.15) is 12.6 Å². The molecule has 0 aliphatic carbocycles. The summed E-state index contributed by atoms with van der Waals surface area (Å²) < 4.78 is 5.00. The number of carbonyl (C=O) groups is 3. The van der Waals surface area contributed by atoms with Crippen molar-refractivity contribution in [2.24, 2.45) is 0 Å². The van der Waals surface area contributed by atoms with E-state index < -0.39 is 18.1 Å². The lowest BCUT2D eigenvalue weighted by Crippen LogP contribution is -2.41. The first-order chi connectivity index (χ1) is 12.5. The van der Waals surface area contributed by atoms with E-state index >= 15 is 0 Å². The van der Waals surface area contributed by atoms with E-state index in [-0.39, 0.29) is 25.4 Å². The molecule has 0 saturated carbocycles. The lowest BCUT2D eigenvalue weighted by Gasteiger charge is -2.14. The molecule has 0 saturated heterocycles. The van der Waals surface area contributed by atoms with E-state index in [4.69, 9.17) is 4.74 Å². The van der Waals surface area contributed by atoms with Crippen molar-refractivity contribution in [3.63, 3.8) is 0 Å². The molecule has 0 aliphatic heterocycles. The fourth-order valence-corrected chi connectivity index (χ4v) is 2.18. The van der Waals surface area contributed by atoms with Gasteiger partial charge >= 0.3 is 12.1 Å². The van der Waals surface area contributed by atoms with Gasteiger partial charge in [-0.15, -0.1) is 0 Å². The van der Waals surface area contributed by atoms with Crippen LogP contribution >= 0.6 is 0 Å². The minimum Gasteiger partial charge on any atom is -0.480 e. The van der Waals surface area contributed by atoms with E-state index in [1.165, 1.54) is 0 Å². The number of nitrogens with one attached hydrogen (secondary N) is 2. The van der Waals surface area contributed by atoms with Crippen LogP contribution < -0.4 is 10.6 Å². The average Bonchev–Trinajstić information content (AvgIpc) is 2.65. The van der Waals surface area contributed by atoms with Crippen LogP contribution in [0.25, 0.3) is 0 Å². The van der Waals surface area contributed by atoms with E-state index in [1.54, 1.807) is 36.4 Å². The van der Waals surface area contributed by atoms with Crippen molar-refractivity contribution in [3.05, 3.63) is 66.2 Å². The maximum absolute atomic E-state index is 11.9. The second-order valence-corrected chi connectivity index (χ2v) is 5.55. The summed E-state index contributed by atoms with van der Waals surface area (Å²) in [6.45, 7) is 0.0352. The number of benzene rings is 2. The normalized spacial score (nSPS) is 11.2. The number of carboxylic acid groups (broad SMARTS) is 1. The Labute approximate surface area is 151 Å². The van der Waals surface area contributed by atoms with Crippen LogP contribution in [0.5, 0.6) is 0 Å². The predicted octanol–water partition coefficient (Wildman–Crippen LogP) is 2.78. The number of rotatable bonds is 8. The van der Waals surface area contributed by atoms with Crippen molar-refractivity contribution < 1.29 is 24.2 Å². The Balaban J connectivity index is 1.77. The van der Waals surface area contributed by atoms with Crippen LogP contribution in [0.15, 0.2) is 60.7 Å². The SMILES string of the molecule is O=C(CCC(NC(=O)OCc1ccccc1)C(=O)O)Nc1ccccc1. The third-order valence-electron chi connectivity index (χ3n) is 3.52. The number of para-hydroxylation sites is 1. The summed E-state index contributed by atoms with van der Waals surface area (Å²) in [4.78, 5) is 34.9. The highest BCUT2D eigenvalue weighted by atomic mass is 16.5. The number of carboxylic acids is 1. The number of anilines is 1. The number of aliphatic carboxylic acids is 1. The molecule has 26 heavy (non-hydrogen) atoms. The number of amides is 2. The number of alkyl carbamates (subject to hydrolysis) is 1. The zero-order valence-electron chi connectivity index (χ0n) is 14.1. The highest BCUT2D eigenvalue weighted by Crippen LogP contribution is 2.08.